The molecule has 5 heteroatoms. The van der Waals surface area contributed by atoms with Gasteiger partial charge in [-0.05, 0) is 34.9 Å². The van der Waals surface area contributed by atoms with Crippen molar-refractivity contribution in [3.05, 3.63) is 86.9 Å². The Kier molecular flexibility index (Phi) is 3.46. The third-order valence-corrected chi connectivity index (χ3v) is 5.99. The number of nitrogens with zero attached hydrogens (tertiary/aromatic N) is 1. The van der Waals surface area contributed by atoms with Crippen LogP contribution in [0, 0.1) is 10.1 Å². The van der Waals surface area contributed by atoms with Crippen molar-refractivity contribution >= 4 is 28.2 Å². The molecule has 0 spiro atoms. The van der Waals surface area contributed by atoms with E-state index in [-0.39, 0.29) is 16.0 Å². The SMILES string of the molecule is CC1(C)c2ccccc2-c2[nH]c3cc(-c4cc(Cl)ccc4[N+](=O)[O-])ccc3c21. The lowest BCUT2D eigenvalue weighted by atomic mass is 9.81. The van der Waals surface area contributed by atoms with Crippen LogP contribution in [0.15, 0.2) is 60.7 Å². The topological polar surface area (TPSA) is 58.9 Å². The number of rotatable bonds is 2. The first-order valence-electron chi connectivity index (χ1n) is 9.08. The molecule has 1 heterocycles. The fourth-order valence-corrected chi connectivity index (χ4v) is 4.67. The Morgan fingerprint density at radius 1 is 1.00 bits per heavy atom. The van der Waals surface area contributed by atoms with E-state index in [0.717, 1.165) is 22.2 Å². The van der Waals surface area contributed by atoms with Crippen molar-refractivity contribution in [2.24, 2.45) is 0 Å². The Morgan fingerprint density at radius 3 is 2.57 bits per heavy atom. The van der Waals surface area contributed by atoms with Gasteiger partial charge in [0.1, 0.15) is 0 Å². The fourth-order valence-electron chi connectivity index (χ4n) is 4.50. The van der Waals surface area contributed by atoms with Crippen LogP contribution >= 0.6 is 11.6 Å². The Labute approximate surface area is 166 Å². The molecule has 0 radical (unpaired) electrons. The largest absolute Gasteiger partial charge is 0.354 e. The Bertz CT molecular complexity index is 1290. The van der Waals surface area contributed by atoms with Gasteiger partial charge >= 0.3 is 0 Å². The lowest BCUT2D eigenvalue weighted by Crippen LogP contribution is -2.14. The number of hydrogen-bond donors (Lipinski definition) is 1. The van der Waals surface area contributed by atoms with E-state index in [0.29, 0.717) is 10.6 Å². The van der Waals surface area contributed by atoms with Crippen molar-refractivity contribution in [3.8, 4) is 22.4 Å². The van der Waals surface area contributed by atoms with Gasteiger partial charge in [-0.1, -0.05) is 61.8 Å². The van der Waals surface area contributed by atoms with Gasteiger partial charge in [-0.2, -0.15) is 0 Å². The van der Waals surface area contributed by atoms with E-state index in [1.807, 2.05) is 12.1 Å². The number of aromatic amines is 1. The van der Waals surface area contributed by atoms with E-state index in [9.17, 15) is 10.1 Å². The summed E-state index contributed by atoms with van der Waals surface area (Å²) in [6.45, 7) is 4.47. The zero-order valence-electron chi connectivity index (χ0n) is 15.4. The second kappa shape index (κ2) is 5.69. The normalized spacial score (nSPS) is 14.1. The molecule has 0 bridgehead atoms. The number of nitro benzene ring substituents is 1. The molecule has 0 aliphatic heterocycles. The van der Waals surface area contributed by atoms with Gasteiger partial charge in [-0.15, -0.1) is 0 Å². The van der Waals surface area contributed by atoms with Crippen LogP contribution in [0.2, 0.25) is 5.02 Å². The monoisotopic (exact) mass is 388 g/mol. The molecule has 3 aromatic carbocycles. The van der Waals surface area contributed by atoms with Gasteiger partial charge in [0.2, 0.25) is 0 Å². The summed E-state index contributed by atoms with van der Waals surface area (Å²) < 4.78 is 0. The van der Waals surface area contributed by atoms with E-state index in [1.54, 1.807) is 12.1 Å². The third-order valence-electron chi connectivity index (χ3n) is 5.76. The summed E-state index contributed by atoms with van der Waals surface area (Å²) in [6.07, 6.45) is 0. The molecule has 0 amide bonds. The number of nitro groups is 1. The average Bonchev–Trinajstić information content (AvgIpc) is 3.16. The quantitative estimate of drug-likeness (QED) is 0.306. The molecule has 1 aromatic heterocycles. The highest BCUT2D eigenvalue weighted by Crippen LogP contribution is 2.51. The van der Waals surface area contributed by atoms with Crippen molar-refractivity contribution in [1.29, 1.82) is 0 Å². The number of hydrogen-bond acceptors (Lipinski definition) is 2. The predicted molar refractivity (Wildman–Crippen MR) is 113 cm³/mol. The zero-order chi connectivity index (χ0) is 19.6. The summed E-state index contributed by atoms with van der Waals surface area (Å²) in [4.78, 5) is 14.6. The van der Waals surface area contributed by atoms with Crippen LogP contribution in [-0.2, 0) is 5.41 Å². The zero-order valence-corrected chi connectivity index (χ0v) is 16.2. The second-order valence-corrected chi connectivity index (χ2v) is 8.16. The average molecular weight is 389 g/mol. The summed E-state index contributed by atoms with van der Waals surface area (Å²) in [5.41, 5.74) is 7.15. The first kappa shape index (κ1) is 17.0. The summed E-state index contributed by atoms with van der Waals surface area (Å²) >= 11 is 6.11. The van der Waals surface area contributed by atoms with Gasteiger partial charge in [-0.25, -0.2) is 0 Å². The molecule has 1 N–H and O–H groups in total. The summed E-state index contributed by atoms with van der Waals surface area (Å²) in [6, 6.07) is 19.1. The van der Waals surface area contributed by atoms with E-state index in [2.05, 4.69) is 49.2 Å². The summed E-state index contributed by atoms with van der Waals surface area (Å²) in [5, 5.41) is 13.1. The number of nitrogens with one attached hydrogen (secondary N) is 1. The molecule has 0 unspecified atom stereocenters. The molecule has 4 nitrogen and oxygen atoms in total. The molecule has 5 rings (SSSR count). The molecule has 0 fully saturated rings. The van der Waals surface area contributed by atoms with Crippen LogP contribution in [0.3, 0.4) is 0 Å². The third kappa shape index (κ3) is 2.25. The van der Waals surface area contributed by atoms with Crippen LogP contribution in [0.5, 0.6) is 0 Å². The first-order valence-corrected chi connectivity index (χ1v) is 9.46. The van der Waals surface area contributed by atoms with Crippen molar-refractivity contribution in [2.45, 2.75) is 19.3 Å². The minimum atomic E-state index is -0.371. The lowest BCUT2D eigenvalue weighted by molar-refractivity contribution is -0.384. The molecule has 0 atom stereocenters. The smallest absolute Gasteiger partial charge is 0.277 e. The van der Waals surface area contributed by atoms with Crippen LogP contribution in [0.1, 0.15) is 25.0 Å². The molecular formula is C23H17ClN2O2. The number of halogens is 1. The van der Waals surface area contributed by atoms with Crippen LogP contribution in [0.25, 0.3) is 33.3 Å². The Morgan fingerprint density at radius 2 is 1.79 bits per heavy atom. The second-order valence-electron chi connectivity index (χ2n) is 7.72. The highest BCUT2D eigenvalue weighted by molar-refractivity contribution is 6.31. The van der Waals surface area contributed by atoms with Gasteiger partial charge in [0.15, 0.2) is 0 Å². The van der Waals surface area contributed by atoms with E-state index in [4.69, 9.17) is 11.6 Å². The maximum Gasteiger partial charge on any atom is 0.277 e. The molecule has 0 saturated carbocycles. The highest BCUT2D eigenvalue weighted by Gasteiger charge is 2.38. The minimum Gasteiger partial charge on any atom is -0.354 e. The number of benzene rings is 3. The molecule has 138 valence electrons. The van der Waals surface area contributed by atoms with Gasteiger partial charge in [-0.3, -0.25) is 10.1 Å². The van der Waals surface area contributed by atoms with Crippen molar-refractivity contribution in [2.75, 3.05) is 0 Å². The summed E-state index contributed by atoms with van der Waals surface area (Å²) in [7, 11) is 0. The van der Waals surface area contributed by atoms with Crippen LogP contribution < -0.4 is 0 Å². The van der Waals surface area contributed by atoms with Gasteiger partial charge in [0.25, 0.3) is 5.69 Å². The fraction of sp³-hybridized carbons (Fsp3) is 0.130. The van der Waals surface area contributed by atoms with Crippen molar-refractivity contribution in [1.82, 2.24) is 4.98 Å². The van der Waals surface area contributed by atoms with Crippen LogP contribution in [-0.4, -0.2) is 9.91 Å². The molecule has 4 aromatic rings. The molecule has 0 saturated heterocycles. The predicted octanol–water partition coefficient (Wildman–Crippen LogP) is 6.70. The maximum absolute atomic E-state index is 11.5. The van der Waals surface area contributed by atoms with Crippen LogP contribution in [0.4, 0.5) is 5.69 Å². The number of H-pyrrole nitrogens is 1. The Hall–Kier alpha value is -3.11. The molecule has 1 aliphatic rings. The van der Waals surface area contributed by atoms with Crippen molar-refractivity contribution < 1.29 is 4.92 Å². The van der Waals surface area contributed by atoms with Gasteiger partial charge in [0.05, 0.1) is 16.2 Å². The van der Waals surface area contributed by atoms with Crippen molar-refractivity contribution in [3.63, 3.8) is 0 Å². The first-order chi connectivity index (χ1) is 13.4. The maximum atomic E-state index is 11.5. The van der Waals surface area contributed by atoms with Gasteiger partial charge < -0.3 is 4.98 Å². The molecule has 28 heavy (non-hydrogen) atoms. The van der Waals surface area contributed by atoms with Gasteiger partial charge in [0, 0.05) is 33.0 Å². The van der Waals surface area contributed by atoms with E-state index in [1.165, 1.54) is 22.8 Å². The number of aromatic nitrogens is 1. The standard InChI is InChI=1S/C23H17ClN2O2/c1-23(2)18-6-4-3-5-15(18)22-21(23)16-9-7-13(11-19(16)25-22)17-12-14(24)8-10-20(17)26(27)28/h3-12,25H,1-2H3. The summed E-state index contributed by atoms with van der Waals surface area (Å²) in [5.74, 6) is 0. The lowest BCUT2D eigenvalue weighted by Gasteiger charge is -2.21. The molecule has 1 aliphatic carbocycles. The number of fused-ring (bicyclic) bond motifs is 5. The van der Waals surface area contributed by atoms with E-state index < -0.39 is 0 Å². The van der Waals surface area contributed by atoms with E-state index >= 15 is 0 Å². The molecular weight excluding hydrogens is 372 g/mol. The Balaban J connectivity index is 1.75. The highest BCUT2D eigenvalue weighted by atomic mass is 35.5. The minimum absolute atomic E-state index is 0.0496.